The van der Waals surface area contributed by atoms with Crippen molar-refractivity contribution >= 4 is 41.5 Å². The van der Waals surface area contributed by atoms with Gasteiger partial charge in [0.15, 0.2) is 0 Å². The molecule has 0 aliphatic rings. The first kappa shape index (κ1) is 18.9. The van der Waals surface area contributed by atoms with E-state index in [2.05, 4.69) is 12.2 Å². The van der Waals surface area contributed by atoms with Crippen LogP contribution in [0.2, 0.25) is 0 Å². The van der Waals surface area contributed by atoms with Crippen LogP contribution in [0, 0.1) is 0 Å². The van der Waals surface area contributed by atoms with Gasteiger partial charge in [-0.1, -0.05) is 13.3 Å². The molecule has 6 heteroatoms. The Bertz CT molecular complexity index is 430. The zero-order valence-electron chi connectivity index (χ0n) is 12.1. The van der Waals surface area contributed by atoms with Crippen LogP contribution < -0.4 is 15.8 Å². The molecule has 0 saturated heterocycles. The van der Waals surface area contributed by atoms with Gasteiger partial charge in [0, 0.05) is 5.69 Å². The number of halogens is 1. The predicted molar refractivity (Wildman–Crippen MR) is 90.1 cm³/mol. The first-order valence-corrected chi connectivity index (χ1v) is 7.49. The molecule has 20 heavy (non-hydrogen) atoms. The van der Waals surface area contributed by atoms with E-state index < -0.39 is 0 Å². The van der Waals surface area contributed by atoms with E-state index in [9.17, 15) is 4.79 Å². The van der Waals surface area contributed by atoms with Crippen LogP contribution >= 0.6 is 24.2 Å². The van der Waals surface area contributed by atoms with E-state index in [1.165, 1.54) is 0 Å². The van der Waals surface area contributed by atoms with Gasteiger partial charge in [-0.3, -0.25) is 4.79 Å². The predicted octanol–water partition coefficient (Wildman–Crippen LogP) is 3.56. The molecule has 0 spiro atoms. The third kappa shape index (κ3) is 5.92. The Labute approximate surface area is 131 Å². The summed E-state index contributed by atoms with van der Waals surface area (Å²) in [7, 11) is 1.57. The second-order valence-electron chi connectivity index (χ2n) is 4.31. The molecule has 4 nitrogen and oxygen atoms in total. The lowest BCUT2D eigenvalue weighted by Crippen LogP contribution is -2.22. The Hall–Kier alpha value is -1.07. The van der Waals surface area contributed by atoms with E-state index in [4.69, 9.17) is 10.5 Å². The Balaban J connectivity index is 0.00000361. The molecule has 0 heterocycles. The summed E-state index contributed by atoms with van der Waals surface area (Å²) < 4.78 is 5.08. The molecule has 0 radical (unpaired) electrons. The summed E-state index contributed by atoms with van der Waals surface area (Å²) >= 11 is 1.67. The average molecular weight is 319 g/mol. The zero-order chi connectivity index (χ0) is 14.3. The number of thioether (sulfide) groups is 1. The van der Waals surface area contributed by atoms with E-state index in [0.29, 0.717) is 17.1 Å². The third-order valence-corrected chi connectivity index (χ3v) is 3.97. The molecule has 0 aromatic heterocycles. The maximum atomic E-state index is 12.0. The molecular formula is C14H23ClN2O2S. The summed E-state index contributed by atoms with van der Waals surface area (Å²) in [6.07, 6.45) is 2.29. The molecule has 1 aromatic carbocycles. The van der Waals surface area contributed by atoms with Crippen LogP contribution in [-0.4, -0.2) is 24.0 Å². The molecule has 1 atom stereocenters. The quantitative estimate of drug-likeness (QED) is 0.596. The summed E-state index contributed by atoms with van der Waals surface area (Å²) in [6, 6.07) is 5.25. The molecule has 114 valence electrons. The molecule has 0 aliphatic heterocycles. The lowest BCUT2D eigenvalue weighted by Gasteiger charge is -2.13. The summed E-state index contributed by atoms with van der Waals surface area (Å²) in [6.45, 7) is 4.06. The smallest absolute Gasteiger partial charge is 0.237 e. The molecular weight excluding hydrogens is 296 g/mol. The third-order valence-electron chi connectivity index (χ3n) is 2.73. The number of anilines is 2. The van der Waals surface area contributed by atoms with Gasteiger partial charge in [0.2, 0.25) is 5.91 Å². The number of amides is 1. The van der Waals surface area contributed by atoms with Gasteiger partial charge in [-0.05, 0) is 37.3 Å². The first-order valence-electron chi connectivity index (χ1n) is 6.44. The number of nitrogens with two attached hydrogens (primary N) is 1. The number of carbonyl (C=O) groups is 1. The average Bonchev–Trinajstić information content (AvgIpc) is 2.39. The highest BCUT2D eigenvalue weighted by Crippen LogP contribution is 2.25. The second-order valence-corrected chi connectivity index (χ2v) is 5.76. The van der Waals surface area contributed by atoms with Crippen molar-refractivity contribution in [2.24, 2.45) is 0 Å². The molecule has 1 rings (SSSR count). The minimum Gasteiger partial charge on any atom is -0.495 e. The van der Waals surface area contributed by atoms with Crippen molar-refractivity contribution in [2.45, 2.75) is 31.9 Å². The van der Waals surface area contributed by atoms with E-state index in [1.54, 1.807) is 37.1 Å². The molecule has 0 saturated carbocycles. The lowest BCUT2D eigenvalue weighted by atomic mass is 10.2. The molecule has 3 N–H and O–H groups in total. The second kappa shape index (κ2) is 9.77. The number of rotatable bonds is 7. The molecule has 0 bridgehead atoms. The Morgan fingerprint density at radius 1 is 1.50 bits per heavy atom. The van der Waals surface area contributed by atoms with Crippen molar-refractivity contribution in [3.8, 4) is 5.75 Å². The maximum absolute atomic E-state index is 12.0. The van der Waals surface area contributed by atoms with E-state index in [1.807, 2.05) is 6.92 Å². The highest BCUT2D eigenvalue weighted by Gasteiger charge is 2.13. The maximum Gasteiger partial charge on any atom is 0.237 e. The van der Waals surface area contributed by atoms with Gasteiger partial charge < -0.3 is 15.8 Å². The zero-order valence-corrected chi connectivity index (χ0v) is 13.8. The lowest BCUT2D eigenvalue weighted by molar-refractivity contribution is -0.115. The number of methoxy groups -OCH3 is 1. The van der Waals surface area contributed by atoms with Gasteiger partial charge in [-0.25, -0.2) is 0 Å². The number of benzene rings is 1. The van der Waals surface area contributed by atoms with Crippen LogP contribution in [0.25, 0.3) is 0 Å². The van der Waals surface area contributed by atoms with Crippen LogP contribution in [0.4, 0.5) is 11.4 Å². The van der Waals surface area contributed by atoms with Crippen molar-refractivity contribution in [3.05, 3.63) is 18.2 Å². The number of carbonyl (C=O) groups excluding carboxylic acids is 1. The van der Waals surface area contributed by atoms with Crippen molar-refractivity contribution in [1.82, 2.24) is 0 Å². The van der Waals surface area contributed by atoms with Gasteiger partial charge in [-0.15, -0.1) is 24.2 Å². The molecule has 1 aromatic rings. The molecule has 0 fully saturated rings. The summed E-state index contributed by atoms with van der Waals surface area (Å²) in [5.74, 6) is 1.63. The highest BCUT2D eigenvalue weighted by molar-refractivity contribution is 8.00. The van der Waals surface area contributed by atoms with Gasteiger partial charge in [0.25, 0.3) is 0 Å². The minimum atomic E-state index is -0.0603. The standard InChI is InChI=1S/C14H22N2O2S.ClH/c1-4-5-8-19-10(2)14(17)16-11-6-7-13(18-3)12(15)9-11;/h6-7,9-10H,4-5,8,15H2,1-3H3,(H,16,17);1H. The van der Waals surface area contributed by atoms with E-state index in [-0.39, 0.29) is 23.6 Å². The minimum absolute atomic E-state index is 0. The van der Waals surface area contributed by atoms with Crippen molar-refractivity contribution < 1.29 is 9.53 Å². The summed E-state index contributed by atoms with van der Waals surface area (Å²) in [4.78, 5) is 12.0. The van der Waals surface area contributed by atoms with Crippen molar-refractivity contribution in [1.29, 1.82) is 0 Å². The van der Waals surface area contributed by atoms with E-state index >= 15 is 0 Å². The normalized spacial score (nSPS) is 11.3. The number of hydrogen-bond acceptors (Lipinski definition) is 4. The van der Waals surface area contributed by atoms with Crippen molar-refractivity contribution in [3.63, 3.8) is 0 Å². The Morgan fingerprint density at radius 2 is 2.20 bits per heavy atom. The largest absolute Gasteiger partial charge is 0.495 e. The summed E-state index contributed by atoms with van der Waals surface area (Å²) in [5, 5.41) is 2.81. The fourth-order valence-corrected chi connectivity index (χ4v) is 2.56. The van der Waals surface area contributed by atoms with Crippen LogP contribution in [0.1, 0.15) is 26.7 Å². The number of hydrogen-bond donors (Lipinski definition) is 2. The summed E-state index contributed by atoms with van der Waals surface area (Å²) in [5.41, 5.74) is 7.02. The van der Waals surface area contributed by atoms with Crippen LogP contribution in [0.3, 0.4) is 0 Å². The van der Waals surface area contributed by atoms with Gasteiger partial charge in [0.05, 0.1) is 18.0 Å². The van der Waals surface area contributed by atoms with E-state index in [0.717, 1.165) is 18.6 Å². The fraction of sp³-hybridized carbons (Fsp3) is 0.500. The molecule has 1 amide bonds. The first-order chi connectivity index (χ1) is 9.08. The monoisotopic (exact) mass is 318 g/mol. The molecule has 0 aliphatic carbocycles. The number of nitrogens with one attached hydrogen (secondary N) is 1. The van der Waals surface area contributed by atoms with Gasteiger partial charge >= 0.3 is 0 Å². The van der Waals surface area contributed by atoms with Crippen LogP contribution in [0.15, 0.2) is 18.2 Å². The topological polar surface area (TPSA) is 64.3 Å². The highest BCUT2D eigenvalue weighted by atomic mass is 35.5. The van der Waals surface area contributed by atoms with Gasteiger partial charge in [0.1, 0.15) is 5.75 Å². The van der Waals surface area contributed by atoms with Crippen LogP contribution in [-0.2, 0) is 4.79 Å². The fourth-order valence-electron chi connectivity index (χ4n) is 1.54. The Morgan fingerprint density at radius 3 is 2.75 bits per heavy atom. The molecule has 1 unspecified atom stereocenters. The van der Waals surface area contributed by atoms with Crippen molar-refractivity contribution in [2.75, 3.05) is 23.9 Å². The number of ether oxygens (including phenoxy) is 1. The number of nitrogen functional groups attached to an aromatic ring is 1. The SMILES string of the molecule is CCCCSC(C)C(=O)Nc1ccc(OC)c(N)c1.Cl. The number of unbranched alkanes of at least 4 members (excludes halogenated alkanes) is 1. The van der Waals surface area contributed by atoms with Gasteiger partial charge in [-0.2, -0.15) is 0 Å². The van der Waals surface area contributed by atoms with Crippen LogP contribution in [0.5, 0.6) is 5.75 Å². The Kier molecular flexibility index (Phi) is 9.25.